The Kier molecular flexibility index (Phi) is 69.6. The number of phosphoric ester groups is 2. The summed E-state index contributed by atoms with van der Waals surface area (Å²) in [5, 5.41) is 10.6. The number of carbonyl (C=O) groups is 4. The molecule has 0 aliphatic carbocycles. The molecule has 0 radical (unpaired) electrons. The lowest BCUT2D eigenvalue weighted by Gasteiger charge is -2.21. The minimum atomic E-state index is -4.96. The van der Waals surface area contributed by atoms with E-state index in [4.69, 9.17) is 37.0 Å². The predicted octanol–water partition coefficient (Wildman–Crippen LogP) is 23.3. The van der Waals surface area contributed by atoms with Gasteiger partial charge in [-0.05, 0) is 31.6 Å². The van der Waals surface area contributed by atoms with Gasteiger partial charge in [-0.15, -0.1) is 0 Å². The quantitative estimate of drug-likeness (QED) is 0.0222. The van der Waals surface area contributed by atoms with Gasteiger partial charge in [0.05, 0.1) is 26.4 Å². The molecule has 19 heteroatoms. The zero-order chi connectivity index (χ0) is 71.2. The number of ether oxygens (including phenoxy) is 4. The number of unbranched alkanes of at least 4 members (excludes halogenated alkanes) is 49. The van der Waals surface area contributed by atoms with Gasteiger partial charge < -0.3 is 33.8 Å². The van der Waals surface area contributed by atoms with E-state index in [1.54, 1.807) is 0 Å². The second kappa shape index (κ2) is 71.1. The fourth-order valence-electron chi connectivity index (χ4n) is 12.0. The predicted molar refractivity (Wildman–Crippen MR) is 395 cm³/mol. The first-order valence-electron chi connectivity index (χ1n) is 40.7. The number of carbonyl (C=O) groups excluding carboxylic acids is 4. The van der Waals surface area contributed by atoms with E-state index in [1.807, 2.05) is 0 Å². The van der Waals surface area contributed by atoms with Gasteiger partial charge in [0, 0.05) is 25.7 Å². The van der Waals surface area contributed by atoms with E-state index in [0.717, 1.165) is 95.8 Å². The molecule has 0 aromatic heterocycles. The second-order valence-corrected chi connectivity index (χ2v) is 31.3. The highest BCUT2D eigenvalue weighted by Gasteiger charge is 2.30. The Hall–Kier alpha value is -1.94. The van der Waals surface area contributed by atoms with Gasteiger partial charge in [0.15, 0.2) is 12.2 Å². The number of aliphatic hydroxyl groups is 1. The van der Waals surface area contributed by atoms with Crippen LogP contribution in [0.1, 0.15) is 413 Å². The molecule has 3 unspecified atom stereocenters. The monoisotopic (exact) mass is 1420 g/mol. The van der Waals surface area contributed by atoms with Crippen molar-refractivity contribution in [1.29, 1.82) is 0 Å². The van der Waals surface area contributed by atoms with Crippen LogP contribution >= 0.6 is 15.6 Å². The summed E-state index contributed by atoms with van der Waals surface area (Å²) in [4.78, 5) is 72.9. The summed E-state index contributed by atoms with van der Waals surface area (Å²) in [5.41, 5.74) is 0. The van der Waals surface area contributed by atoms with E-state index in [1.165, 1.54) is 238 Å². The zero-order valence-electron chi connectivity index (χ0n) is 63.2. The van der Waals surface area contributed by atoms with Gasteiger partial charge >= 0.3 is 39.5 Å². The van der Waals surface area contributed by atoms with Gasteiger partial charge in [0.25, 0.3) is 0 Å². The Morgan fingerprint density at radius 1 is 0.289 bits per heavy atom. The first kappa shape index (κ1) is 95.1. The smallest absolute Gasteiger partial charge is 0.462 e. The molecule has 0 aliphatic heterocycles. The molecule has 0 aromatic carbocycles. The fourth-order valence-corrected chi connectivity index (χ4v) is 13.6. The SMILES string of the molecule is CCCCCCCCCCCCCCCCCCC(=O)OC[C@H](COP(=O)(O)OC[C@@H](O)COP(=O)(O)OC[C@@H](COC(=O)CCCCCCCCCCC)OC(=O)CCCCCCCCCCCCCCCC)OC(=O)CCCCCCCCCCCCCCCCC(C)CC. The summed E-state index contributed by atoms with van der Waals surface area (Å²) in [5.74, 6) is -1.26. The molecule has 0 amide bonds. The average Bonchev–Trinajstić information content (AvgIpc) is 1.65. The molecule has 0 aromatic rings. The standard InChI is InChI=1S/C78H152O17P2/c1-6-10-13-16-19-22-24-26-28-29-34-37-42-47-52-57-62-76(81)89-68-74(95-78(83)64-59-54-49-44-39-35-31-30-32-36-41-45-50-55-60-71(5)9-4)70-93-97(86,87)91-66-72(79)65-90-96(84,85)92-69-73(67-88-75(80)61-56-51-46-40-21-18-15-12-8-3)94-77(82)63-58-53-48-43-38-33-27-25-23-20-17-14-11-7-2/h71-74,79H,6-70H2,1-5H3,(H,84,85)(H,86,87)/t71?,72-,73+,74+/m0/s1. The Labute approximate surface area is 594 Å². The third-order valence-electron chi connectivity index (χ3n) is 18.6. The molecule has 97 heavy (non-hydrogen) atoms. The third kappa shape index (κ3) is 70.9. The zero-order valence-corrected chi connectivity index (χ0v) is 65.0. The van der Waals surface area contributed by atoms with Crippen LogP contribution in [0, 0.1) is 5.92 Å². The molecular formula is C78H152O17P2. The van der Waals surface area contributed by atoms with Crippen LogP contribution in [0.3, 0.4) is 0 Å². The molecule has 0 fully saturated rings. The number of hydrogen-bond donors (Lipinski definition) is 3. The minimum Gasteiger partial charge on any atom is -0.462 e. The highest BCUT2D eigenvalue weighted by atomic mass is 31.2. The van der Waals surface area contributed by atoms with Gasteiger partial charge in [-0.1, -0.05) is 362 Å². The van der Waals surface area contributed by atoms with Gasteiger partial charge in [-0.25, -0.2) is 9.13 Å². The molecule has 0 bridgehead atoms. The Morgan fingerprint density at radius 2 is 0.495 bits per heavy atom. The first-order valence-corrected chi connectivity index (χ1v) is 43.7. The van der Waals surface area contributed by atoms with Crippen molar-refractivity contribution in [3.05, 3.63) is 0 Å². The number of phosphoric acid groups is 2. The summed E-state index contributed by atoms with van der Waals surface area (Å²) in [6, 6.07) is 0. The van der Waals surface area contributed by atoms with E-state index in [-0.39, 0.29) is 25.7 Å². The largest absolute Gasteiger partial charge is 0.472 e. The van der Waals surface area contributed by atoms with E-state index in [0.29, 0.717) is 25.7 Å². The van der Waals surface area contributed by atoms with Crippen molar-refractivity contribution < 1.29 is 80.2 Å². The number of esters is 4. The molecular weight excluding hydrogens is 1270 g/mol. The molecule has 6 atom stereocenters. The third-order valence-corrected chi connectivity index (χ3v) is 20.5. The van der Waals surface area contributed by atoms with E-state index < -0.39 is 97.5 Å². The van der Waals surface area contributed by atoms with Crippen molar-refractivity contribution in [1.82, 2.24) is 0 Å². The van der Waals surface area contributed by atoms with Crippen LogP contribution in [0.2, 0.25) is 0 Å². The number of aliphatic hydroxyl groups excluding tert-OH is 1. The summed E-state index contributed by atoms with van der Waals surface area (Å²) in [6.07, 6.45) is 60.9. The van der Waals surface area contributed by atoms with Crippen LogP contribution in [0.4, 0.5) is 0 Å². The van der Waals surface area contributed by atoms with Crippen LogP contribution in [0.5, 0.6) is 0 Å². The molecule has 0 spiro atoms. The molecule has 17 nitrogen and oxygen atoms in total. The molecule has 0 heterocycles. The molecule has 3 N–H and O–H groups in total. The summed E-state index contributed by atoms with van der Waals surface area (Å²) in [7, 11) is -9.91. The van der Waals surface area contributed by atoms with Gasteiger partial charge in [0.1, 0.15) is 19.3 Å². The maximum atomic E-state index is 13.1. The van der Waals surface area contributed by atoms with Crippen molar-refractivity contribution in [2.24, 2.45) is 5.92 Å². The lowest BCUT2D eigenvalue weighted by Crippen LogP contribution is -2.30. The highest BCUT2D eigenvalue weighted by Crippen LogP contribution is 2.45. The van der Waals surface area contributed by atoms with E-state index in [9.17, 15) is 43.2 Å². The van der Waals surface area contributed by atoms with Crippen molar-refractivity contribution in [2.45, 2.75) is 432 Å². The van der Waals surface area contributed by atoms with Crippen LogP contribution in [-0.4, -0.2) is 96.7 Å². The maximum Gasteiger partial charge on any atom is 0.472 e. The first-order chi connectivity index (χ1) is 47.1. The van der Waals surface area contributed by atoms with Crippen LogP contribution in [0.15, 0.2) is 0 Å². The summed E-state index contributed by atoms with van der Waals surface area (Å²) < 4.78 is 68.6. The second-order valence-electron chi connectivity index (χ2n) is 28.3. The van der Waals surface area contributed by atoms with Gasteiger partial charge in [-0.3, -0.25) is 37.3 Å². The minimum absolute atomic E-state index is 0.108. The number of rotatable bonds is 78. The Bertz CT molecular complexity index is 1860. The Morgan fingerprint density at radius 3 is 0.732 bits per heavy atom. The maximum absolute atomic E-state index is 13.1. The lowest BCUT2D eigenvalue weighted by molar-refractivity contribution is -0.161. The van der Waals surface area contributed by atoms with Gasteiger partial charge in [-0.2, -0.15) is 0 Å². The fraction of sp³-hybridized carbons (Fsp3) is 0.949. The van der Waals surface area contributed by atoms with Crippen molar-refractivity contribution in [3.63, 3.8) is 0 Å². The average molecular weight is 1420 g/mol. The van der Waals surface area contributed by atoms with Crippen molar-refractivity contribution >= 4 is 39.5 Å². The van der Waals surface area contributed by atoms with Gasteiger partial charge in [0.2, 0.25) is 0 Å². The van der Waals surface area contributed by atoms with E-state index >= 15 is 0 Å². The lowest BCUT2D eigenvalue weighted by atomic mass is 9.99. The summed E-state index contributed by atoms with van der Waals surface area (Å²) in [6.45, 7) is 7.36. The normalized spacial score (nSPS) is 14.2. The summed E-state index contributed by atoms with van der Waals surface area (Å²) >= 11 is 0. The molecule has 576 valence electrons. The molecule has 0 rings (SSSR count). The molecule has 0 aliphatic rings. The van der Waals surface area contributed by atoms with Crippen molar-refractivity contribution in [2.75, 3.05) is 39.6 Å². The molecule has 0 saturated heterocycles. The number of hydrogen-bond acceptors (Lipinski definition) is 15. The molecule has 0 saturated carbocycles. The van der Waals surface area contributed by atoms with Crippen LogP contribution in [-0.2, 0) is 65.4 Å². The van der Waals surface area contributed by atoms with Crippen LogP contribution in [0.25, 0.3) is 0 Å². The highest BCUT2D eigenvalue weighted by molar-refractivity contribution is 7.47. The van der Waals surface area contributed by atoms with Crippen molar-refractivity contribution in [3.8, 4) is 0 Å². The van der Waals surface area contributed by atoms with Crippen LogP contribution < -0.4 is 0 Å². The van der Waals surface area contributed by atoms with E-state index in [2.05, 4.69) is 34.6 Å². The topological polar surface area (TPSA) is 237 Å². The Balaban J connectivity index is 5.23.